The van der Waals surface area contributed by atoms with Crippen molar-refractivity contribution in [2.24, 2.45) is 11.3 Å². The highest BCUT2D eigenvalue weighted by molar-refractivity contribution is 7.89. The molecule has 67 heavy (non-hydrogen) atoms. The van der Waals surface area contributed by atoms with Gasteiger partial charge >= 0.3 is 0 Å². The zero-order valence-electron chi connectivity index (χ0n) is 37.9. The lowest BCUT2D eigenvalue weighted by Gasteiger charge is -2.55. The first-order chi connectivity index (χ1) is 32.0. The monoisotopic (exact) mass is 944 g/mol. The molecule has 1 aliphatic carbocycles. The summed E-state index contributed by atoms with van der Waals surface area (Å²) in [5.41, 5.74) is 1.30. The maximum Gasteiger partial charge on any atom is 0.262 e. The van der Waals surface area contributed by atoms with Crippen molar-refractivity contribution in [2.75, 3.05) is 56.0 Å². The van der Waals surface area contributed by atoms with Gasteiger partial charge in [-0.05, 0) is 122 Å². The molecule has 2 aromatic carbocycles. The summed E-state index contributed by atoms with van der Waals surface area (Å²) in [5, 5.41) is 4.99. The molecule has 0 radical (unpaired) electrons. The van der Waals surface area contributed by atoms with Crippen LogP contribution in [0.3, 0.4) is 0 Å². The minimum atomic E-state index is -3.52. The largest absolute Gasteiger partial charge is 0.368 e. The molecule has 1 saturated carbocycles. The Morgan fingerprint density at radius 1 is 0.836 bits per heavy atom. The van der Waals surface area contributed by atoms with Gasteiger partial charge in [-0.2, -0.15) is 0 Å². The molecule has 1 spiro atoms. The van der Waals surface area contributed by atoms with Gasteiger partial charge in [0.05, 0.1) is 33.8 Å². The summed E-state index contributed by atoms with van der Waals surface area (Å²) in [6.45, 7) is 10.0. The predicted octanol–water partition coefficient (Wildman–Crippen LogP) is 5.57. The van der Waals surface area contributed by atoms with Gasteiger partial charge in [0.15, 0.2) is 11.6 Å². The normalized spacial score (nSPS) is 22.6. The molecule has 4 amide bonds. The fourth-order valence-electron chi connectivity index (χ4n) is 11.5. The molecule has 1 unspecified atom stereocenters. The number of nitrogens with zero attached hydrogens (tertiary/aromatic N) is 8. The van der Waals surface area contributed by atoms with Gasteiger partial charge in [-0.15, -0.1) is 0 Å². The van der Waals surface area contributed by atoms with E-state index in [1.165, 1.54) is 12.1 Å². The number of hydrogen-bond donors (Lipinski definition) is 2. The van der Waals surface area contributed by atoms with Crippen LogP contribution in [0, 0.1) is 35.7 Å². The van der Waals surface area contributed by atoms with Crippen LogP contribution in [-0.2, 0) is 19.6 Å². The van der Waals surface area contributed by atoms with Crippen LogP contribution in [0.25, 0.3) is 22.3 Å². The van der Waals surface area contributed by atoms with Gasteiger partial charge in [-0.1, -0.05) is 0 Å². The van der Waals surface area contributed by atoms with Crippen LogP contribution in [0.2, 0.25) is 0 Å². The van der Waals surface area contributed by atoms with E-state index in [0.717, 1.165) is 49.4 Å². The summed E-state index contributed by atoms with van der Waals surface area (Å²) < 4.78 is 77.1. The van der Waals surface area contributed by atoms with Crippen LogP contribution in [0.4, 0.5) is 24.8 Å². The number of aromatic nitrogens is 4. The number of likely N-dealkylation sites (tertiary alicyclic amines) is 1. The van der Waals surface area contributed by atoms with Crippen LogP contribution in [0.15, 0.2) is 30.5 Å². The Morgan fingerprint density at radius 3 is 2.19 bits per heavy atom. The molecular formula is C47H55F3N10O6S. The highest BCUT2D eigenvalue weighted by atomic mass is 32.2. The molecule has 2 N–H and O–H groups in total. The number of piperidine rings is 3. The number of aryl methyl sites for hydroxylation is 1. The standard InChI is InChI=1S/C47H55F3N10O6S/c1-26(2)59-27(3)52-42-35(49)18-29(19-39(42)59)41-36(50)22-51-46(55-41)53-30-8-16-58(17-9-30)67(65,66)31-10-14-56(15-11-31)23-28-6-12-47(13-7-28)24-57(25-47)38-21-33-32(20-34(38)48)44(63)60(45(33)64)37-4-5-40(61)54-43(37)62/h18-22,26,28,30-31,37H,4-17,23-25H2,1-3H3,(H,51,53,55)(H,54,61,62). The SMILES string of the molecule is Cc1nc2c(F)cc(-c3nc(NC4CCN(S(=O)(=O)C5CCN(CC6CCC7(CC6)CN(c6cc8c(cc6F)C(=O)N(C6CCC(=O)NC6=O)C8=O)C7)CC5)CC4)ncc3F)cc2n1C(C)C. The molecule has 7 heterocycles. The van der Waals surface area contributed by atoms with Gasteiger partial charge in [0.25, 0.3) is 11.8 Å². The third-order valence-corrected chi connectivity index (χ3v) is 17.5. The smallest absolute Gasteiger partial charge is 0.262 e. The number of halogens is 3. The summed E-state index contributed by atoms with van der Waals surface area (Å²) in [4.78, 5) is 68.7. The summed E-state index contributed by atoms with van der Waals surface area (Å²) >= 11 is 0. The number of hydrogen-bond acceptors (Lipinski definition) is 12. The van der Waals surface area contributed by atoms with E-state index in [1.807, 2.05) is 23.3 Å². The van der Waals surface area contributed by atoms with E-state index in [0.29, 0.717) is 82.2 Å². The Hall–Kier alpha value is -5.47. The van der Waals surface area contributed by atoms with Gasteiger partial charge in [-0.25, -0.2) is 40.8 Å². The lowest BCUT2D eigenvalue weighted by molar-refractivity contribution is -0.136. The fraction of sp³-hybridized carbons (Fsp3) is 0.553. The Bertz CT molecular complexity index is 2790. The van der Waals surface area contributed by atoms with E-state index in [2.05, 4.69) is 30.5 Å². The molecule has 5 fully saturated rings. The number of benzene rings is 2. The van der Waals surface area contributed by atoms with Crippen molar-refractivity contribution in [3.8, 4) is 11.3 Å². The molecule has 356 valence electrons. The minimum absolute atomic E-state index is 0.00431. The Morgan fingerprint density at radius 2 is 1.52 bits per heavy atom. The van der Waals surface area contributed by atoms with Crippen LogP contribution in [-0.4, -0.2) is 129 Å². The number of anilines is 2. The molecule has 10 rings (SSSR count). The second kappa shape index (κ2) is 17.2. The molecule has 0 bridgehead atoms. The third kappa shape index (κ3) is 8.25. The lowest BCUT2D eigenvalue weighted by atomic mass is 9.65. The Kier molecular flexibility index (Phi) is 11.7. The van der Waals surface area contributed by atoms with Crippen molar-refractivity contribution >= 4 is 56.3 Å². The molecule has 4 saturated heterocycles. The van der Waals surface area contributed by atoms with Gasteiger partial charge < -0.3 is 19.7 Å². The maximum atomic E-state index is 15.5. The second-order valence-electron chi connectivity index (χ2n) is 19.8. The van der Waals surface area contributed by atoms with Crippen molar-refractivity contribution in [2.45, 2.75) is 108 Å². The number of amides is 4. The van der Waals surface area contributed by atoms with Crippen molar-refractivity contribution in [1.82, 2.24) is 38.9 Å². The Balaban J connectivity index is 0.678. The van der Waals surface area contributed by atoms with Crippen molar-refractivity contribution < 1.29 is 40.8 Å². The van der Waals surface area contributed by atoms with E-state index in [9.17, 15) is 27.6 Å². The third-order valence-electron chi connectivity index (χ3n) is 15.1. The summed E-state index contributed by atoms with van der Waals surface area (Å²) in [5.74, 6) is -3.09. The zero-order valence-corrected chi connectivity index (χ0v) is 38.7. The van der Waals surface area contributed by atoms with Gasteiger partial charge in [-0.3, -0.25) is 29.4 Å². The fourth-order valence-corrected chi connectivity index (χ4v) is 13.5. The molecule has 1 atom stereocenters. The molecule has 2 aromatic heterocycles. The number of imide groups is 2. The highest BCUT2D eigenvalue weighted by Gasteiger charge is 2.49. The van der Waals surface area contributed by atoms with Gasteiger partial charge in [0, 0.05) is 62.2 Å². The number of fused-ring (bicyclic) bond motifs is 2. The lowest BCUT2D eigenvalue weighted by Crippen LogP contribution is -2.58. The van der Waals surface area contributed by atoms with Crippen molar-refractivity contribution in [3.05, 3.63) is 64.9 Å². The van der Waals surface area contributed by atoms with Crippen molar-refractivity contribution in [3.63, 3.8) is 0 Å². The van der Waals surface area contributed by atoms with Crippen LogP contribution < -0.4 is 15.5 Å². The van der Waals surface area contributed by atoms with E-state index in [1.54, 1.807) is 17.3 Å². The summed E-state index contributed by atoms with van der Waals surface area (Å²) in [6, 6.07) is 4.22. The summed E-state index contributed by atoms with van der Waals surface area (Å²) in [7, 11) is -3.52. The quantitative estimate of drug-likeness (QED) is 0.189. The zero-order chi connectivity index (χ0) is 47.1. The van der Waals surface area contributed by atoms with Crippen molar-refractivity contribution in [1.29, 1.82) is 0 Å². The van der Waals surface area contributed by atoms with E-state index >= 15 is 13.2 Å². The second-order valence-corrected chi connectivity index (χ2v) is 22.0. The van der Waals surface area contributed by atoms with E-state index < -0.39 is 62.4 Å². The average molecular weight is 945 g/mol. The summed E-state index contributed by atoms with van der Waals surface area (Å²) in [6.07, 6.45) is 7.26. The average Bonchev–Trinajstić information content (AvgIpc) is 3.75. The number of carbonyl (C=O) groups excluding carboxylic acids is 4. The molecule has 6 aliphatic rings. The highest BCUT2D eigenvalue weighted by Crippen LogP contribution is 2.48. The number of rotatable bonds is 10. The first-order valence-electron chi connectivity index (χ1n) is 23.5. The maximum absolute atomic E-state index is 15.5. The molecule has 16 nitrogen and oxygen atoms in total. The predicted molar refractivity (Wildman–Crippen MR) is 242 cm³/mol. The van der Waals surface area contributed by atoms with Crippen LogP contribution >= 0.6 is 0 Å². The van der Waals surface area contributed by atoms with Crippen LogP contribution in [0.1, 0.15) is 111 Å². The van der Waals surface area contributed by atoms with E-state index in [-0.39, 0.29) is 69.9 Å². The van der Waals surface area contributed by atoms with Gasteiger partial charge in [0.1, 0.15) is 28.9 Å². The molecule has 5 aliphatic heterocycles. The van der Waals surface area contributed by atoms with E-state index in [4.69, 9.17) is 0 Å². The Labute approximate surface area is 386 Å². The molecule has 20 heteroatoms. The number of sulfonamides is 1. The number of imidazole rings is 1. The number of carbonyl (C=O) groups is 4. The number of nitrogens with one attached hydrogen (secondary N) is 2. The minimum Gasteiger partial charge on any atom is -0.368 e. The molecular weight excluding hydrogens is 890 g/mol. The van der Waals surface area contributed by atoms with Crippen LogP contribution in [0.5, 0.6) is 0 Å². The topological polar surface area (TPSA) is 183 Å². The first kappa shape index (κ1) is 45.3. The van der Waals surface area contributed by atoms with Gasteiger partial charge in [0.2, 0.25) is 27.8 Å². The first-order valence-corrected chi connectivity index (χ1v) is 25.0. The molecule has 4 aromatic rings.